The molecular weight excluding hydrogens is 534 g/mol. The minimum absolute atomic E-state index is 0.0642. The Kier molecular flexibility index (Phi) is 16.3. The van der Waals surface area contributed by atoms with Gasteiger partial charge >= 0.3 is 35.6 Å². The SMILES string of the molecule is CCCCCCP(CCCCCC)c1cc2ccccc2[cH-]1.Cc1ccc(C)c2[cH-]ccc12.[Cl][Ti][Cl]. The summed E-state index contributed by atoms with van der Waals surface area (Å²) >= 11 is -0.556. The molecule has 4 rings (SSSR count). The van der Waals surface area contributed by atoms with Crippen LogP contribution in [-0.2, 0) is 17.0 Å². The summed E-state index contributed by atoms with van der Waals surface area (Å²) in [6.07, 6.45) is 14.1. The van der Waals surface area contributed by atoms with E-state index in [1.807, 2.05) is 0 Å². The van der Waals surface area contributed by atoms with Gasteiger partial charge in [-0.05, 0) is 32.1 Å². The van der Waals surface area contributed by atoms with Gasteiger partial charge in [0.15, 0.2) is 0 Å². The molecule has 0 saturated heterocycles. The Bertz CT molecular complexity index is 1030. The van der Waals surface area contributed by atoms with Gasteiger partial charge in [0.05, 0.1) is 0 Å². The van der Waals surface area contributed by atoms with Crippen LogP contribution in [0.5, 0.6) is 0 Å². The summed E-state index contributed by atoms with van der Waals surface area (Å²) < 4.78 is 0. The molecule has 196 valence electrons. The average molecular weight is 577 g/mol. The van der Waals surface area contributed by atoms with Gasteiger partial charge in [-0.15, -0.1) is 68.8 Å². The zero-order chi connectivity index (χ0) is 26.2. The molecule has 0 aliphatic rings. The fourth-order valence-electron chi connectivity index (χ4n) is 4.68. The number of halogens is 2. The molecule has 4 aromatic rings. The number of hydrogen-bond acceptors (Lipinski definition) is 0. The van der Waals surface area contributed by atoms with Crippen LogP contribution in [0.4, 0.5) is 0 Å². The summed E-state index contributed by atoms with van der Waals surface area (Å²) in [4.78, 5) is 0. The van der Waals surface area contributed by atoms with Crippen LogP contribution < -0.4 is 5.30 Å². The molecule has 0 aliphatic heterocycles. The molecule has 0 atom stereocenters. The molecular formula is C32H43Cl2PTi-2. The van der Waals surface area contributed by atoms with Crippen molar-refractivity contribution in [1.82, 2.24) is 0 Å². The van der Waals surface area contributed by atoms with Crippen molar-refractivity contribution in [1.29, 1.82) is 0 Å². The standard InChI is InChI=1S/C21H32P.C11H11.2ClH.Ti/c1-3-5-7-11-15-22(16-12-8-6-4-2)21-17-19-13-9-10-14-20(19)18-21;1-8-6-7-9(2)11-5-3-4-10(8)11;;;/h9-10,13-14,17-18H,3-8,11-12,15-16H2,1-2H3;3-7H,1-2H3;2*1H;/q2*-1;;;+2/p-2. The molecule has 4 aromatic carbocycles. The van der Waals surface area contributed by atoms with E-state index in [0.717, 1.165) is 0 Å². The molecule has 0 aromatic heterocycles. The predicted molar refractivity (Wildman–Crippen MR) is 165 cm³/mol. The van der Waals surface area contributed by atoms with Crippen LogP contribution in [0, 0.1) is 13.8 Å². The number of rotatable bonds is 11. The first-order valence-electron chi connectivity index (χ1n) is 13.5. The van der Waals surface area contributed by atoms with Crippen molar-refractivity contribution in [2.75, 3.05) is 12.3 Å². The van der Waals surface area contributed by atoms with E-state index < -0.39 is 17.0 Å². The number of unbranched alkanes of at least 4 members (excludes halogenated alkanes) is 6. The minimum atomic E-state index is -0.556. The third kappa shape index (κ3) is 10.6. The van der Waals surface area contributed by atoms with Crippen LogP contribution in [0.25, 0.3) is 21.5 Å². The quantitative estimate of drug-likeness (QED) is 0.0720. The second kappa shape index (κ2) is 18.6. The second-order valence-electron chi connectivity index (χ2n) is 9.57. The van der Waals surface area contributed by atoms with E-state index in [1.54, 1.807) is 5.30 Å². The summed E-state index contributed by atoms with van der Waals surface area (Å²) in [6, 6.07) is 24.6. The van der Waals surface area contributed by atoms with Crippen molar-refractivity contribution < 1.29 is 17.0 Å². The maximum absolute atomic E-state index is 4.89. The fraction of sp³-hybridized carbons (Fsp3) is 0.438. The van der Waals surface area contributed by atoms with Gasteiger partial charge in [-0.25, -0.2) is 0 Å². The Morgan fingerprint density at radius 1 is 0.778 bits per heavy atom. The Morgan fingerprint density at radius 3 is 1.97 bits per heavy atom. The van der Waals surface area contributed by atoms with Crippen molar-refractivity contribution in [2.24, 2.45) is 0 Å². The topological polar surface area (TPSA) is 0 Å². The van der Waals surface area contributed by atoms with E-state index in [2.05, 4.69) is 94.4 Å². The van der Waals surface area contributed by atoms with Gasteiger partial charge in [-0.2, -0.15) is 18.2 Å². The number of fused-ring (bicyclic) bond motifs is 2. The van der Waals surface area contributed by atoms with E-state index in [4.69, 9.17) is 18.6 Å². The van der Waals surface area contributed by atoms with Crippen molar-refractivity contribution in [3.63, 3.8) is 0 Å². The number of aryl methyl sites for hydroxylation is 2. The van der Waals surface area contributed by atoms with Gasteiger partial charge in [-0.3, -0.25) is 0 Å². The third-order valence-electron chi connectivity index (χ3n) is 6.78. The van der Waals surface area contributed by atoms with Crippen molar-refractivity contribution >= 4 is 53.4 Å². The van der Waals surface area contributed by atoms with Gasteiger partial charge in [0.25, 0.3) is 0 Å². The normalized spacial score (nSPS) is 10.8. The molecule has 0 amide bonds. The molecule has 0 nitrogen and oxygen atoms in total. The van der Waals surface area contributed by atoms with E-state index in [9.17, 15) is 0 Å². The molecule has 0 aliphatic carbocycles. The molecule has 36 heavy (non-hydrogen) atoms. The number of benzene rings is 2. The van der Waals surface area contributed by atoms with E-state index in [-0.39, 0.29) is 7.92 Å². The maximum atomic E-state index is 4.89. The van der Waals surface area contributed by atoms with Crippen LogP contribution in [0.3, 0.4) is 0 Å². The van der Waals surface area contributed by atoms with Crippen molar-refractivity contribution in [2.45, 2.75) is 79.1 Å². The molecule has 0 bridgehead atoms. The zero-order valence-electron chi connectivity index (χ0n) is 22.6. The molecule has 0 unspecified atom stereocenters. The average Bonchev–Trinajstić information content (AvgIpc) is 3.55. The van der Waals surface area contributed by atoms with Gasteiger partial charge in [0, 0.05) is 0 Å². The molecule has 0 N–H and O–H groups in total. The van der Waals surface area contributed by atoms with Crippen LogP contribution in [0.15, 0.2) is 66.7 Å². The summed E-state index contributed by atoms with van der Waals surface area (Å²) in [6.45, 7) is 8.92. The predicted octanol–water partition coefficient (Wildman–Crippen LogP) is 11.4. The zero-order valence-corrected chi connectivity index (χ0v) is 26.6. The van der Waals surface area contributed by atoms with Gasteiger partial charge in [0.2, 0.25) is 0 Å². The number of hydrogen-bond donors (Lipinski definition) is 0. The second-order valence-corrected chi connectivity index (χ2v) is 14.6. The van der Waals surface area contributed by atoms with Crippen LogP contribution >= 0.6 is 26.5 Å². The molecule has 0 heterocycles. The summed E-state index contributed by atoms with van der Waals surface area (Å²) in [5.74, 6) is 0. The first-order valence-corrected chi connectivity index (χ1v) is 19.5. The molecule has 0 radical (unpaired) electrons. The summed E-state index contributed by atoms with van der Waals surface area (Å²) in [5.41, 5.74) is 2.74. The molecule has 0 saturated carbocycles. The first kappa shape index (κ1) is 31.6. The van der Waals surface area contributed by atoms with Crippen LogP contribution in [-0.4, -0.2) is 12.3 Å². The third-order valence-corrected chi connectivity index (χ3v) is 9.48. The molecule has 4 heteroatoms. The molecule has 0 spiro atoms. The first-order chi connectivity index (χ1) is 17.5. The van der Waals surface area contributed by atoms with E-state index in [1.165, 1.54) is 96.4 Å². The Hall–Kier alpha value is -0.616. The monoisotopic (exact) mass is 576 g/mol. The Morgan fingerprint density at radius 2 is 1.39 bits per heavy atom. The van der Waals surface area contributed by atoms with Crippen LogP contribution in [0.1, 0.15) is 76.3 Å². The van der Waals surface area contributed by atoms with Gasteiger partial charge < -0.3 is 0 Å². The fourth-order valence-corrected chi connectivity index (χ4v) is 7.28. The van der Waals surface area contributed by atoms with Crippen molar-refractivity contribution in [3.05, 3.63) is 77.9 Å². The summed E-state index contributed by atoms with van der Waals surface area (Å²) in [5, 5.41) is 7.32. The van der Waals surface area contributed by atoms with Gasteiger partial charge in [-0.1, -0.05) is 84.9 Å². The van der Waals surface area contributed by atoms with E-state index >= 15 is 0 Å². The van der Waals surface area contributed by atoms with Crippen molar-refractivity contribution in [3.8, 4) is 0 Å². The molecule has 0 fully saturated rings. The van der Waals surface area contributed by atoms with Gasteiger partial charge in [0.1, 0.15) is 0 Å². The van der Waals surface area contributed by atoms with E-state index in [0.29, 0.717) is 0 Å². The Labute approximate surface area is 238 Å². The van der Waals surface area contributed by atoms with Crippen LogP contribution in [0.2, 0.25) is 0 Å². The Balaban J connectivity index is 0.000000269. The summed E-state index contributed by atoms with van der Waals surface area (Å²) in [7, 11) is 9.84.